The van der Waals surface area contributed by atoms with Crippen molar-refractivity contribution in [3.8, 4) is 16.9 Å². The van der Waals surface area contributed by atoms with Crippen molar-refractivity contribution in [2.24, 2.45) is 0 Å². The zero-order valence-corrected chi connectivity index (χ0v) is 19.1. The molecule has 1 fully saturated rings. The lowest BCUT2D eigenvalue weighted by Gasteiger charge is -2.33. The first kappa shape index (κ1) is 19.9. The summed E-state index contributed by atoms with van der Waals surface area (Å²) in [5, 5.41) is 0. The first-order valence-corrected chi connectivity index (χ1v) is 12.4. The molecule has 4 nitrogen and oxygen atoms in total. The van der Waals surface area contributed by atoms with Crippen LogP contribution in [0.2, 0.25) is 0 Å². The number of hydrogen-bond acceptors (Lipinski definition) is 3. The van der Waals surface area contributed by atoms with Crippen LogP contribution in [0.3, 0.4) is 0 Å². The highest BCUT2D eigenvalue weighted by atomic mass is 16.6. The Bertz CT molecular complexity index is 1280. The summed E-state index contributed by atoms with van der Waals surface area (Å²) in [5.74, 6) is 1.11. The van der Waals surface area contributed by atoms with Gasteiger partial charge in [0.2, 0.25) is 0 Å². The number of rotatable bonds is 3. The Balaban J connectivity index is 1.09. The van der Waals surface area contributed by atoms with Crippen LogP contribution in [-0.4, -0.2) is 36.3 Å². The quantitative estimate of drug-likeness (QED) is 0.479. The maximum absolute atomic E-state index is 13.3. The van der Waals surface area contributed by atoms with Gasteiger partial charge in [-0.2, -0.15) is 0 Å². The average molecular weight is 450 g/mol. The van der Waals surface area contributed by atoms with Gasteiger partial charge in [0.1, 0.15) is 12.4 Å². The molecule has 2 unspecified atom stereocenters. The van der Waals surface area contributed by atoms with Crippen molar-refractivity contribution in [3.05, 3.63) is 95.1 Å². The minimum atomic E-state index is -0.174. The normalized spacial score (nSPS) is 22.0. The third kappa shape index (κ3) is 3.08. The SMILES string of the molecule is O=C(OCC1c2ccccc2-c2ccccc21)N1C2C=C(c3ccc4c(c3)CCO4)CC1CC2. The van der Waals surface area contributed by atoms with Crippen molar-refractivity contribution in [1.29, 1.82) is 0 Å². The molecule has 3 aromatic rings. The highest BCUT2D eigenvalue weighted by molar-refractivity contribution is 5.79. The number of benzene rings is 3. The van der Waals surface area contributed by atoms with E-state index < -0.39 is 0 Å². The van der Waals surface area contributed by atoms with Gasteiger partial charge in [-0.15, -0.1) is 0 Å². The molecule has 0 aromatic heterocycles. The lowest BCUT2D eigenvalue weighted by atomic mass is 9.93. The first-order chi connectivity index (χ1) is 16.8. The van der Waals surface area contributed by atoms with E-state index in [1.807, 2.05) is 4.90 Å². The fourth-order valence-corrected chi connectivity index (χ4v) is 6.38. The van der Waals surface area contributed by atoms with E-state index in [-0.39, 0.29) is 24.1 Å². The molecule has 3 aromatic carbocycles. The van der Waals surface area contributed by atoms with E-state index in [1.54, 1.807) is 0 Å². The van der Waals surface area contributed by atoms with Crippen LogP contribution < -0.4 is 4.74 Å². The Morgan fingerprint density at radius 1 is 0.971 bits per heavy atom. The number of carbonyl (C=O) groups excluding carboxylic acids is 1. The zero-order chi connectivity index (χ0) is 22.6. The van der Waals surface area contributed by atoms with Crippen LogP contribution in [0.5, 0.6) is 5.75 Å². The molecule has 0 saturated carbocycles. The van der Waals surface area contributed by atoms with Gasteiger partial charge in [-0.05, 0) is 70.3 Å². The van der Waals surface area contributed by atoms with Crippen molar-refractivity contribution in [2.75, 3.05) is 13.2 Å². The molecule has 7 rings (SSSR count). The van der Waals surface area contributed by atoms with E-state index in [1.165, 1.54) is 39.0 Å². The summed E-state index contributed by atoms with van der Waals surface area (Å²) in [5.41, 5.74) is 8.93. The third-order valence-electron chi connectivity index (χ3n) is 8.00. The standard InChI is InChI=1S/C30H27NO3/c32-30(34-18-28-26-7-3-1-5-24(26)25-6-2-4-8-27(25)28)31-22-10-11-23(31)17-21(16-22)19-9-12-29-20(15-19)13-14-33-29/h1-9,12,15-16,22-23,28H,10-11,13-14,17-18H2. The number of nitrogens with zero attached hydrogens (tertiary/aromatic N) is 1. The molecule has 1 amide bonds. The van der Waals surface area contributed by atoms with Crippen LogP contribution >= 0.6 is 0 Å². The van der Waals surface area contributed by atoms with Crippen LogP contribution in [0.4, 0.5) is 4.79 Å². The number of amides is 1. The van der Waals surface area contributed by atoms with E-state index in [2.05, 4.69) is 72.8 Å². The largest absolute Gasteiger partial charge is 0.493 e. The number of carbonyl (C=O) groups is 1. The summed E-state index contributed by atoms with van der Waals surface area (Å²) < 4.78 is 11.7. The maximum atomic E-state index is 13.3. The van der Waals surface area contributed by atoms with Crippen molar-refractivity contribution < 1.29 is 14.3 Å². The van der Waals surface area contributed by atoms with Gasteiger partial charge < -0.3 is 9.47 Å². The topological polar surface area (TPSA) is 38.8 Å². The van der Waals surface area contributed by atoms with Gasteiger partial charge >= 0.3 is 6.09 Å². The predicted octanol–water partition coefficient (Wildman–Crippen LogP) is 6.19. The average Bonchev–Trinajstić information content (AvgIpc) is 3.54. The van der Waals surface area contributed by atoms with E-state index in [0.29, 0.717) is 6.61 Å². The number of ether oxygens (including phenoxy) is 2. The lowest BCUT2D eigenvalue weighted by Crippen LogP contribution is -2.43. The van der Waals surface area contributed by atoms with Crippen molar-refractivity contribution in [3.63, 3.8) is 0 Å². The van der Waals surface area contributed by atoms with Crippen molar-refractivity contribution in [1.82, 2.24) is 4.90 Å². The second-order valence-electron chi connectivity index (χ2n) is 9.83. The Kier molecular flexibility index (Phi) is 4.54. The molecule has 3 aliphatic heterocycles. The molecular formula is C30H27NO3. The lowest BCUT2D eigenvalue weighted by molar-refractivity contribution is 0.0866. The monoisotopic (exact) mass is 449 g/mol. The molecule has 4 aliphatic rings. The predicted molar refractivity (Wildman–Crippen MR) is 132 cm³/mol. The molecule has 0 radical (unpaired) electrons. The minimum Gasteiger partial charge on any atom is -0.493 e. The van der Waals surface area contributed by atoms with Crippen LogP contribution in [0.25, 0.3) is 16.7 Å². The number of fused-ring (bicyclic) bond motifs is 6. The molecule has 1 saturated heterocycles. The van der Waals surface area contributed by atoms with Gasteiger partial charge in [-0.25, -0.2) is 4.79 Å². The molecule has 0 N–H and O–H groups in total. The van der Waals surface area contributed by atoms with Crippen molar-refractivity contribution in [2.45, 2.75) is 43.7 Å². The molecule has 2 atom stereocenters. The molecule has 2 bridgehead atoms. The molecule has 34 heavy (non-hydrogen) atoms. The highest BCUT2D eigenvalue weighted by Gasteiger charge is 2.41. The van der Waals surface area contributed by atoms with Gasteiger partial charge in [0, 0.05) is 18.4 Å². The van der Waals surface area contributed by atoms with Crippen LogP contribution in [0, 0.1) is 0 Å². The Labute approximate surface area is 199 Å². The second-order valence-corrected chi connectivity index (χ2v) is 9.83. The fraction of sp³-hybridized carbons (Fsp3) is 0.300. The summed E-state index contributed by atoms with van der Waals surface area (Å²) >= 11 is 0. The first-order valence-electron chi connectivity index (χ1n) is 12.4. The van der Waals surface area contributed by atoms with Gasteiger partial charge in [0.25, 0.3) is 0 Å². The van der Waals surface area contributed by atoms with Crippen LogP contribution in [0.1, 0.15) is 47.4 Å². The maximum Gasteiger partial charge on any atom is 0.410 e. The van der Waals surface area contributed by atoms with Gasteiger partial charge in [-0.1, -0.05) is 60.7 Å². The van der Waals surface area contributed by atoms with Gasteiger partial charge in [-0.3, -0.25) is 4.90 Å². The summed E-state index contributed by atoms with van der Waals surface area (Å²) in [6.07, 6.45) is 6.03. The second kappa shape index (κ2) is 7.76. The minimum absolute atomic E-state index is 0.0959. The smallest absolute Gasteiger partial charge is 0.410 e. The van der Waals surface area contributed by atoms with Crippen LogP contribution in [0.15, 0.2) is 72.8 Å². The highest BCUT2D eigenvalue weighted by Crippen LogP contribution is 2.45. The van der Waals surface area contributed by atoms with Gasteiger partial charge in [0.15, 0.2) is 0 Å². The molecule has 0 spiro atoms. The molecule has 170 valence electrons. The van der Waals surface area contributed by atoms with E-state index in [4.69, 9.17) is 9.47 Å². The van der Waals surface area contributed by atoms with E-state index in [0.717, 1.165) is 38.0 Å². The number of hydrogen-bond donors (Lipinski definition) is 0. The Morgan fingerprint density at radius 2 is 1.74 bits per heavy atom. The summed E-state index contributed by atoms with van der Waals surface area (Å²) in [6, 6.07) is 23.8. The van der Waals surface area contributed by atoms with Gasteiger partial charge in [0.05, 0.1) is 12.6 Å². The summed E-state index contributed by atoms with van der Waals surface area (Å²) in [7, 11) is 0. The zero-order valence-electron chi connectivity index (χ0n) is 19.1. The van der Waals surface area contributed by atoms with Crippen LogP contribution in [-0.2, 0) is 11.2 Å². The molecule has 4 heteroatoms. The molecular weight excluding hydrogens is 422 g/mol. The van der Waals surface area contributed by atoms with Crippen molar-refractivity contribution >= 4 is 11.7 Å². The summed E-state index contributed by atoms with van der Waals surface area (Å²) in [6.45, 7) is 1.16. The third-order valence-corrected chi connectivity index (χ3v) is 8.00. The Hall–Kier alpha value is -3.53. The molecule has 1 aliphatic carbocycles. The summed E-state index contributed by atoms with van der Waals surface area (Å²) in [4.78, 5) is 15.3. The molecule has 3 heterocycles. The van der Waals surface area contributed by atoms with E-state index >= 15 is 0 Å². The van der Waals surface area contributed by atoms with E-state index in [9.17, 15) is 4.79 Å². The Morgan fingerprint density at radius 3 is 2.50 bits per heavy atom. The fourth-order valence-electron chi connectivity index (χ4n) is 6.38.